The Labute approximate surface area is 84.7 Å². The summed E-state index contributed by atoms with van der Waals surface area (Å²) in [6.45, 7) is 3.35. The zero-order valence-electron chi connectivity index (χ0n) is 9.04. The van der Waals surface area contributed by atoms with Gasteiger partial charge in [0.05, 0.1) is 13.2 Å². The molecule has 0 rings (SSSR count). The second kappa shape index (κ2) is 8.93. The van der Waals surface area contributed by atoms with Gasteiger partial charge in [-0.15, -0.1) is 0 Å². The largest absolute Gasteiger partial charge is 0.384 e. The van der Waals surface area contributed by atoms with Crippen molar-refractivity contribution in [3.05, 3.63) is 0 Å². The van der Waals surface area contributed by atoms with Crippen molar-refractivity contribution in [1.29, 1.82) is 0 Å². The lowest BCUT2D eigenvalue weighted by atomic mass is 10.1. The summed E-state index contributed by atoms with van der Waals surface area (Å²) < 4.78 is 9.65. The second-order valence-electron chi connectivity index (χ2n) is 3.13. The molecule has 0 aromatic heterocycles. The van der Waals surface area contributed by atoms with Crippen LogP contribution in [0.4, 0.5) is 0 Å². The molecule has 0 aliphatic carbocycles. The highest BCUT2D eigenvalue weighted by Crippen LogP contribution is 2.00. The minimum absolute atomic E-state index is 0.134. The number of hydrogen-bond donors (Lipinski definition) is 1. The molecular formula is C9H19NO4. The van der Waals surface area contributed by atoms with Crippen LogP contribution in [0.15, 0.2) is 0 Å². The van der Waals surface area contributed by atoms with Crippen LogP contribution in [0.1, 0.15) is 13.3 Å². The molecule has 14 heavy (non-hydrogen) atoms. The van der Waals surface area contributed by atoms with Gasteiger partial charge in [0.25, 0.3) is 0 Å². The molecule has 1 N–H and O–H groups in total. The molecule has 0 saturated carbocycles. The van der Waals surface area contributed by atoms with Crippen LogP contribution < -0.4 is 5.48 Å². The fourth-order valence-corrected chi connectivity index (χ4v) is 0.958. The Morgan fingerprint density at radius 2 is 2.00 bits per heavy atom. The van der Waals surface area contributed by atoms with Gasteiger partial charge in [0.2, 0.25) is 5.91 Å². The monoisotopic (exact) mass is 205 g/mol. The van der Waals surface area contributed by atoms with Crippen molar-refractivity contribution >= 4 is 5.91 Å². The molecule has 0 saturated heterocycles. The van der Waals surface area contributed by atoms with E-state index in [2.05, 4.69) is 5.48 Å². The van der Waals surface area contributed by atoms with Crippen LogP contribution in [-0.4, -0.2) is 39.9 Å². The van der Waals surface area contributed by atoms with Crippen molar-refractivity contribution in [3.63, 3.8) is 0 Å². The van der Waals surface area contributed by atoms with E-state index in [4.69, 9.17) is 14.3 Å². The summed E-state index contributed by atoms with van der Waals surface area (Å²) in [5.41, 5.74) is 2.33. The average molecular weight is 205 g/mol. The van der Waals surface area contributed by atoms with Crippen LogP contribution in [-0.2, 0) is 19.1 Å². The van der Waals surface area contributed by atoms with Crippen molar-refractivity contribution in [2.24, 2.45) is 5.92 Å². The van der Waals surface area contributed by atoms with Crippen LogP contribution in [0.2, 0.25) is 0 Å². The lowest BCUT2D eigenvalue weighted by Gasteiger charge is -2.10. The average Bonchev–Trinajstić information content (AvgIpc) is 2.13. The van der Waals surface area contributed by atoms with Gasteiger partial charge in [0.1, 0.15) is 0 Å². The Hall–Kier alpha value is -0.650. The highest BCUT2D eigenvalue weighted by atomic mass is 16.7. The second-order valence-corrected chi connectivity index (χ2v) is 3.13. The molecule has 0 aliphatic heterocycles. The van der Waals surface area contributed by atoms with Gasteiger partial charge >= 0.3 is 0 Å². The number of carbonyl (C=O) groups excluding carboxylic acids is 1. The number of hydrogen-bond acceptors (Lipinski definition) is 4. The van der Waals surface area contributed by atoms with E-state index in [0.29, 0.717) is 26.2 Å². The molecule has 1 unspecified atom stereocenters. The first kappa shape index (κ1) is 13.4. The van der Waals surface area contributed by atoms with Gasteiger partial charge in [-0.3, -0.25) is 9.63 Å². The maximum absolute atomic E-state index is 11.2. The first-order valence-corrected chi connectivity index (χ1v) is 4.59. The predicted octanol–water partition coefficient (Wildman–Crippen LogP) is 0.353. The maximum Gasteiger partial charge on any atom is 0.243 e. The number of amides is 1. The number of rotatable bonds is 8. The molecule has 0 heterocycles. The highest BCUT2D eigenvalue weighted by molar-refractivity contribution is 5.74. The minimum Gasteiger partial charge on any atom is -0.384 e. The van der Waals surface area contributed by atoms with Gasteiger partial charge < -0.3 is 9.47 Å². The number of nitrogens with one attached hydrogen (secondary N) is 1. The van der Waals surface area contributed by atoms with E-state index in [1.807, 2.05) is 6.92 Å². The molecule has 1 amide bonds. The van der Waals surface area contributed by atoms with E-state index in [0.717, 1.165) is 0 Å². The van der Waals surface area contributed by atoms with E-state index >= 15 is 0 Å². The lowest BCUT2D eigenvalue weighted by molar-refractivity contribution is -0.135. The zero-order valence-corrected chi connectivity index (χ0v) is 9.04. The summed E-state index contributed by atoms with van der Waals surface area (Å²) in [4.78, 5) is 16.0. The van der Waals surface area contributed by atoms with Gasteiger partial charge in [-0.05, 0) is 5.92 Å². The molecule has 1 atom stereocenters. The number of ether oxygens (including phenoxy) is 2. The first-order chi connectivity index (χ1) is 6.70. The van der Waals surface area contributed by atoms with E-state index in [1.54, 1.807) is 14.2 Å². The van der Waals surface area contributed by atoms with Gasteiger partial charge in [0.15, 0.2) is 0 Å². The normalized spacial score (nSPS) is 12.5. The van der Waals surface area contributed by atoms with E-state index in [-0.39, 0.29) is 11.8 Å². The Morgan fingerprint density at radius 3 is 2.57 bits per heavy atom. The summed E-state index contributed by atoms with van der Waals surface area (Å²) in [7, 11) is 3.19. The lowest BCUT2D eigenvalue weighted by Crippen LogP contribution is -2.27. The molecule has 0 aromatic rings. The van der Waals surface area contributed by atoms with Crippen molar-refractivity contribution in [3.8, 4) is 0 Å². The summed E-state index contributed by atoms with van der Waals surface area (Å²) in [6, 6.07) is 0. The van der Waals surface area contributed by atoms with Crippen molar-refractivity contribution < 1.29 is 19.1 Å². The topological polar surface area (TPSA) is 56.8 Å². The molecule has 5 heteroatoms. The smallest absolute Gasteiger partial charge is 0.243 e. The molecule has 0 aromatic carbocycles. The Kier molecular flexibility index (Phi) is 8.51. The maximum atomic E-state index is 11.2. The molecule has 0 aliphatic rings. The third-order valence-electron chi connectivity index (χ3n) is 1.56. The summed E-state index contributed by atoms with van der Waals surface area (Å²) in [5.74, 6) is 0.0664. The predicted molar refractivity (Wildman–Crippen MR) is 51.6 cm³/mol. The van der Waals surface area contributed by atoms with Crippen molar-refractivity contribution in [1.82, 2.24) is 5.48 Å². The van der Waals surface area contributed by atoms with Gasteiger partial charge in [0, 0.05) is 27.2 Å². The quantitative estimate of drug-likeness (QED) is 0.459. The standard InChI is InChI=1S/C9H19NO4/c1-8(7-13-3)6-9(11)10-14-5-4-12-2/h8H,4-7H2,1-3H3,(H,10,11). The number of hydroxylamine groups is 1. The van der Waals surface area contributed by atoms with Gasteiger partial charge in [-0.25, -0.2) is 5.48 Å². The fraction of sp³-hybridized carbons (Fsp3) is 0.889. The number of methoxy groups -OCH3 is 2. The van der Waals surface area contributed by atoms with Crippen LogP contribution in [0.5, 0.6) is 0 Å². The molecule has 5 nitrogen and oxygen atoms in total. The zero-order chi connectivity index (χ0) is 10.8. The molecule has 0 fully saturated rings. The van der Waals surface area contributed by atoms with Crippen LogP contribution in [0.3, 0.4) is 0 Å². The number of carbonyl (C=O) groups is 1. The molecule has 0 radical (unpaired) electrons. The van der Waals surface area contributed by atoms with Gasteiger partial charge in [-0.2, -0.15) is 0 Å². The van der Waals surface area contributed by atoms with E-state index < -0.39 is 0 Å². The van der Waals surface area contributed by atoms with Crippen LogP contribution in [0, 0.1) is 5.92 Å². The summed E-state index contributed by atoms with van der Waals surface area (Å²) in [6.07, 6.45) is 0.404. The Balaban J connectivity index is 3.35. The Morgan fingerprint density at radius 1 is 1.29 bits per heavy atom. The minimum atomic E-state index is -0.134. The Bertz CT molecular complexity index is 152. The third-order valence-corrected chi connectivity index (χ3v) is 1.56. The first-order valence-electron chi connectivity index (χ1n) is 4.59. The third kappa shape index (κ3) is 7.97. The van der Waals surface area contributed by atoms with E-state index in [9.17, 15) is 4.79 Å². The van der Waals surface area contributed by atoms with Crippen LogP contribution >= 0.6 is 0 Å². The van der Waals surface area contributed by atoms with Crippen molar-refractivity contribution in [2.75, 3.05) is 34.0 Å². The highest BCUT2D eigenvalue weighted by Gasteiger charge is 2.08. The molecular weight excluding hydrogens is 186 g/mol. The molecule has 0 spiro atoms. The fourth-order valence-electron chi connectivity index (χ4n) is 0.958. The molecule has 0 bridgehead atoms. The summed E-state index contributed by atoms with van der Waals surface area (Å²) in [5, 5.41) is 0. The van der Waals surface area contributed by atoms with Gasteiger partial charge in [-0.1, -0.05) is 6.92 Å². The SMILES string of the molecule is COCCONC(=O)CC(C)COC. The summed E-state index contributed by atoms with van der Waals surface area (Å²) >= 11 is 0. The van der Waals surface area contributed by atoms with Crippen molar-refractivity contribution in [2.45, 2.75) is 13.3 Å². The molecule has 84 valence electrons. The van der Waals surface area contributed by atoms with E-state index in [1.165, 1.54) is 0 Å². The van der Waals surface area contributed by atoms with Crippen LogP contribution in [0.25, 0.3) is 0 Å².